The van der Waals surface area contributed by atoms with Gasteiger partial charge in [-0.1, -0.05) is 0 Å². The lowest BCUT2D eigenvalue weighted by Gasteiger charge is -2.28. The predicted octanol–water partition coefficient (Wildman–Crippen LogP) is 2.07. The second kappa shape index (κ2) is 5.93. The molecule has 0 radical (unpaired) electrons. The van der Waals surface area contributed by atoms with Crippen molar-refractivity contribution in [2.75, 3.05) is 20.1 Å². The van der Waals surface area contributed by atoms with Gasteiger partial charge in [0.05, 0.1) is 0 Å². The second-order valence-corrected chi connectivity index (χ2v) is 6.12. The molecule has 0 unspecified atom stereocenters. The van der Waals surface area contributed by atoms with Crippen molar-refractivity contribution in [3.05, 3.63) is 30.0 Å². The number of rotatable bonds is 3. The summed E-state index contributed by atoms with van der Waals surface area (Å²) in [6.07, 6.45) is 7.22. The lowest BCUT2D eigenvalue weighted by atomic mass is 9.93. The van der Waals surface area contributed by atoms with Crippen LogP contribution in [-0.4, -0.2) is 44.6 Å². The highest BCUT2D eigenvalue weighted by Gasteiger charge is 2.19. The molecule has 0 N–H and O–H groups in total. The Morgan fingerprint density at radius 3 is 2.62 bits per heavy atom. The van der Waals surface area contributed by atoms with E-state index in [0.29, 0.717) is 5.92 Å². The number of likely N-dealkylation sites (tertiary alicyclic amines) is 1. The highest BCUT2D eigenvalue weighted by atomic mass is 15.1. The molecule has 2 aromatic heterocycles. The van der Waals surface area contributed by atoms with Crippen molar-refractivity contribution in [1.29, 1.82) is 0 Å². The summed E-state index contributed by atoms with van der Waals surface area (Å²) in [7, 11) is 4.19. The summed E-state index contributed by atoms with van der Waals surface area (Å²) in [6, 6.07) is 2.01. The van der Waals surface area contributed by atoms with Gasteiger partial charge in [-0.15, -0.1) is 0 Å². The molecule has 21 heavy (non-hydrogen) atoms. The van der Waals surface area contributed by atoms with Crippen molar-refractivity contribution < 1.29 is 0 Å². The smallest absolute Gasteiger partial charge is 0.158 e. The predicted molar refractivity (Wildman–Crippen MR) is 82.9 cm³/mol. The third-order valence-electron chi connectivity index (χ3n) is 4.26. The first-order valence-corrected chi connectivity index (χ1v) is 7.62. The van der Waals surface area contributed by atoms with Crippen LogP contribution in [0.4, 0.5) is 0 Å². The molecule has 0 atom stereocenters. The summed E-state index contributed by atoms with van der Waals surface area (Å²) in [5.41, 5.74) is 1.95. The molecule has 1 fully saturated rings. The fourth-order valence-electron chi connectivity index (χ4n) is 2.97. The van der Waals surface area contributed by atoms with Crippen molar-refractivity contribution in [2.24, 2.45) is 13.0 Å². The van der Waals surface area contributed by atoms with Gasteiger partial charge in [0, 0.05) is 31.6 Å². The van der Waals surface area contributed by atoms with E-state index in [1.807, 2.05) is 37.0 Å². The summed E-state index contributed by atoms with van der Waals surface area (Å²) in [5.74, 6) is 2.57. The molecule has 0 bridgehead atoms. The van der Waals surface area contributed by atoms with Gasteiger partial charge in [-0.2, -0.15) is 0 Å². The van der Waals surface area contributed by atoms with Gasteiger partial charge in [0.1, 0.15) is 11.5 Å². The zero-order chi connectivity index (χ0) is 14.8. The number of imidazole rings is 1. The molecule has 1 saturated heterocycles. The van der Waals surface area contributed by atoms with Crippen LogP contribution in [0.15, 0.2) is 18.5 Å². The SMILES string of the molecule is Cc1cc(-c2nccn2C)nc(CC2CCN(C)CC2)n1. The highest BCUT2D eigenvalue weighted by molar-refractivity contribution is 5.50. The van der Waals surface area contributed by atoms with Crippen molar-refractivity contribution in [3.8, 4) is 11.5 Å². The Bertz CT molecular complexity index is 611. The summed E-state index contributed by atoms with van der Waals surface area (Å²) < 4.78 is 2.00. The number of aryl methyl sites for hydroxylation is 2. The highest BCUT2D eigenvalue weighted by Crippen LogP contribution is 2.21. The molecule has 1 aliphatic rings. The standard InChI is InChI=1S/C16H23N5/c1-12-10-14(16-17-6-9-21(16)3)19-15(18-12)11-13-4-7-20(2)8-5-13/h6,9-10,13H,4-5,7-8,11H2,1-3H3. The minimum atomic E-state index is 0.706. The van der Waals surface area contributed by atoms with Crippen LogP contribution in [0.1, 0.15) is 24.4 Å². The van der Waals surface area contributed by atoms with Crippen LogP contribution < -0.4 is 0 Å². The first-order valence-electron chi connectivity index (χ1n) is 7.62. The molecule has 3 heterocycles. The van der Waals surface area contributed by atoms with Crippen LogP contribution in [0, 0.1) is 12.8 Å². The maximum absolute atomic E-state index is 4.74. The van der Waals surface area contributed by atoms with Crippen LogP contribution in [0.25, 0.3) is 11.5 Å². The molecular formula is C16H23N5. The topological polar surface area (TPSA) is 46.8 Å². The Hall–Kier alpha value is -1.75. The van der Waals surface area contributed by atoms with Crippen LogP contribution in [0.3, 0.4) is 0 Å². The Labute approximate surface area is 126 Å². The molecule has 0 aromatic carbocycles. The molecule has 1 aliphatic heterocycles. The summed E-state index contributed by atoms with van der Waals surface area (Å²) in [5, 5.41) is 0. The van der Waals surface area contributed by atoms with Crippen molar-refractivity contribution >= 4 is 0 Å². The van der Waals surface area contributed by atoms with E-state index in [1.165, 1.54) is 25.9 Å². The van der Waals surface area contributed by atoms with Crippen LogP contribution >= 0.6 is 0 Å². The van der Waals surface area contributed by atoms with E-state index in [9.17, 15) is 0 Å². The van der Waals surface area contributed by atoms with Gasteiger partial charge >= 0.3 is 0 Å². The van der Waals surface area contributed by atoms with Gasteiger partial charge in [0.15, 0.2) is 5.82 Å². The number of hydrogen-bond acceptors (Lipinski definition) is 4. The van der Waals surface area contributed by atoms with Gasteiger partial charge in [-0.05, 0) is 51.9 Å². The first kappa shape index (κ1) is 14.2. The molecule has 5 heteroatoms. The van der Waals surface area contributed by atoms with E-state index in [-0.39, 0.29) is 0 Å². The zero-order valence-electron chi connectivity index (χ0n) is 13.1. The molecule has 2 aromatic rings. The molecule has 5 nitrogen and oxygen atoms in total. The molecule has 112 valence electrons. The summed E-state index contributed by atoms with van der Waals surface area (Å²) in [4.78, 5) is 16.2. The van der Waals surface area contributed by atoms with Crippen molar-refractivity contribution in [2.45, 2.75) is 26.2 Å². The Kier molecular flexibility index (Phi) is 4.01. The summed E-state index contributed by atoms with van der Waals surface area (Å²) >= 11 is 0. The van der Waals surface area contributed by atoms with E-state index in [0.717, 1.165) is 29.5 Å². The molecule has 0 saturated carbocycles. The van der Waals surface area contributed by atoms with Crippen LogP contribution in [-0.2, 0) is 13.5 Å². The number of hydrogen-bond donors (Lipinski definition) is 0. The second-order valence-electron chi connectivity index (χ2n) is 6.12. The quantitative estimate of drug-likeness (QED) is 0.866. The maximum atomic E-state index is 4.74. The van der Waals surface area contributed by atoms with Gasteiger partial charge in [0.25, 0.3) is 0 Å². The Balaban J connectivity index is 1.80. The Morgan fingerprint density at radius 2 is 1.95 bits per heavy atom. The molecular weight excluding hydrogens is 262 g/mol. The summed E-state index contributed by atoms with van der Waals surface area (Å²) in [6.45, 7) is 4.40. The lowest BCUT2D eigenvalue weighted by Crippen LogP contribution is -2.31. The van der Waals surface area contributed by atoms with Gasteiger partial charge in [-0.3, -0.25) is 0 Å². The molecule has 3 rings (SSSR count). The normalized spacial score (nSPS) is 17.3. The first-order chi connectivity index (χ1) is 10.1. The van der Waals surface area contributed by atoms with Crippen molar-refractivity contribution in [1.82, 2.24) is 24.4 Å². The number of nitrogens with zero attached hydrogens (tertiary/aromatic N) is 5. The van der Waals surface area contributed by atoms with Crippen LogP contribution in [0.5, 0.6) is 0 Å². The minimum absolute atomic E-state index is 0.706. The van der Waals surface area contributed by atoms with Gasteiger partial charge in [0.2, 0.25) is 0 Å². The van der Waals surface area contributed by atoms with Gasteiger partial charge in [-0.25, -0.2) is 15.0 Å². The van der Waals surface area contributed by atoms with E-state index in [4.69, 9.17) is 4.98 Å². The Morgan fingerprint density at radius 1 is 1.19 bits per heavy atom. The number of piperidine rings is 1. The van der Waals surface area contributed by atoms with E-state index >= 15 is 0 Å². The van der Waals surface area contributed by atoms with E-state index in [2.05, 4.69) is 21.9 Å². The largest absolute Gasteiger partial charge is 0.333 e. The van der Waals surface area contributed by atoms with Gasteiger partial charge < -0.3 is 9.47 Å². The van der Waals surface area contributed by atoms with Crippen molar-refractivity contribution in [3.63, 3.8) is 0 Å². The minimum Gasteiger partial charge on any atom is -0.333 e. The monoisotopic (exact) mass is 285 g/mol. The lowest BCUT2D eigenvalue weighted by molar-refractivity contribution is 0.217. The molecule has 0 amide bonds. The third-order valence-corrected chi connectivity index (χ3v) is 4.26. The number of aromatic nitrogens is 4. The maximum Gasteiger partial charge on any atom is 0.158 e. The van der Waals surface area contributed by atoms with E-state index < -0.39 is 0 Å². The van der Waals surface area contributed by atoms with Crippen LogP contribution in [0.2, 0.25) is 0 Å². The average molecular weight is 285 g/mol. The molecule has 0 spiro atoms. The average Bonchev–Trinajstić information content (AvgIpc) is 2.87. The molecule has 0 aliphatic carbocycles. The fourth-order valence-corrected chi connectivity index (χ4v) is 2.97. The zero-order valence-corrected chi connectivity index (χ0v) is 13.1. The third kappa shape index (κ3) is 3.29. The fraction of sp³-hybridized carbons (Fsp3) is 0.562. The van der Waals surface area contributed by atoms with E-state index in [1.54, 1.807) is 0 Å².